The number of anilines is 1. The van der Waals surface area contributed by atoms with Crippen molar-refractivity contribution in [3.8, 4) is 0 Å². The van der Waals surface area contributed by atoms with Crippen molar-refractivity contribution < 1.29 is 9.85 Å². The molecule has 1 aromatic rings. The van der Waals surface area contributed by atoms with E-state index in [9.17, 15) is 20.2 Å². The number of nitro benzene ring substituents is 2. The van der Waals surface area contributed by atoms with Crippen molar-refractivity contribution in [2.75, 3.05) is 11.9 Å². The second-order valence-corrected chi connectivity index (χ2v) is 5.40. The van der Waals surface area contributed by atoms with Crippen molar-refractivity contribution in [2.24, 2.45) is 0 Å². The van der Waals surface area contributed by atoms with E-state index < -0.39 is 9.85 Å². The van der Waals surface area contributed by atoms with Crippen molar-refractivity contribution >= 4 is 17.1 Å². The summed E-state index contributed by atoms with van der Waals surface area (Å²) in [6, 6.07) is 1.40. The molecule has 0 aliphatic rings. The molecule has 0 aromatic heterocycles. The molecule has 0 saturated carbocycles. The van der Waals surface area contributed by atoms with Crippen LogP contribution in [0.2, 0.25) is 0 Å². The molecule has 0 unspecified atom stereocenters. The molecule has 7 heteroatoms. The zero-order valence-corrected chi connectivity index (χ0v) is 13.6. The molecule has 23 heavy (non-hydrogen) atoms. The first-order valence-corrected chi connectivity index (χ1v) is 7.74. The van der Waals surface area contributed by atoms with Gasteiger partial charge in [-0.25, -0.2) is 0 Å². The normalized spacial score (nSPS) is 10.3. The highest BCUT2D eigenvalue weighted by Crippen LogP contribution is 2.39. The molecule has 0 heterocycles. The average molecular weight is 321 g/mol. The molecule has 1 aromatic carbocycles. The van der Waals surface area contributed by atoms with Crippen LogP contribution in [0.4, 0.5) is 17.1 Å². The summed E-state index contributed by atoms with van der Waals surface area (Å²) in [6.45, 7) is 7.77. The van der Waals surface area contributed by atoms with Crippen LogP contribution in [0.3, 0.4) is 0 Å². The third-order valence-corrected chi connectivity index (χ3v) is 3.72. The average Bonchev–Trinajstić information content (AvgIpc) is 2.48. The summed E-state index contributed by atoms with van der Waals surface area (Å²) in [5, 5.41) is 25.6. The summed E-state index contributed by atoms with van der Waals surface area (Å²) in [5.41, 5.74) is 0.523. The number of nitro groups is 2. The minimum Gasteiger partial charge on any atom is -0.374 e. The maximum atomic E-state index is 11.4. The van der Waals surface area contributed by atoms with Crippen LogP contribution in [0, 0.1) is 27.2 Å². The Bertz CT molecular complexity index is 599. The van der Waals surface area contributed by atoms with E-state index in [1.165, 1.54) is 6.07 Å². The lowest BCUT2D eigenvalue weighted by Crippen LogP contribution is -2.10. The van der Waals surface area contributed by atoms with Crippen LogP contribution in [0.25, 0.3) is 0 Å². The van der Waals surface area contributed by atoms with Crippen molar-refractivity contribution in [1.29, 1.82) is 0 Å². The second kappa shape index (κ2) is 8.87. The van der Waals surface area contributed by atoms with Gasteiger partial charge >= 0.3 is 5.69 Å². The number of nitrogens with zero attached hydrogens (tertiary/aromatic N) is 2. The maximum Gasteiger partial charge on any atom is 0.302 e. The Balaban J connectivity index is 3.23. The molecule has 0 spiro atoms. The molecule has 1 N–H and O–H groups in total. The first-order valence-electron chi connectivity index (χ1n) is 7.74. The van der Waals surface area contributed by atoms with E-state index in [0.29, 0.717) is 24.1 Å². The van der Waals surface area contributed by atoms with Gasteiger partial charge in [-0.3, -0.25) is 20.2 Å². The largest absolute Gasteiger partial charge is 0.374 e. The van der Waals surface area contributed by atoms with Crippen LogP contribution >= 0.6 is 0 Å². The molecule has 0 bridgehead atoms. The summed E-state index contributed by atoms with van der Waals surface area (Å²) in [7, 11) is 0. The topological polar surface area (TPSA) is 98.3 Å². The SMILES string of the molecule is C=CCc1cc([N+](=O)[O-])c(NCCCCCC)c([N+](=O)[O-])c1C. The van der Waals surface area contributed by atoms with E-state index in [-0.39, 0.29) is 17.1 Å². The van der Waals surface area contributed by atoms with Gasteiger partial charge in [-0.2, -0.15) is 0 Å². The van der Waals surface area contributed by atoms with Crippen LogP contribution in [0.15, 0.2) is 18.7 Å². The number of unbranched alkanes of at least 4 members (excludes halogenated alkanes) is 3. The fourth-order valence-electron chi connectivity index (χ4n) is 2.49. The van der Waals surface area contributed by atoms with Crippen molar-refractivity contribution in [3.63, 3.8) is 0 Å². The van der Waals surface area contributed by atoms with Gasteiger partial charge in [0.2, 0.25) is 0 Å². The Morgan fingerprint density at radius 2 is 1.91 bits per heavy atom. The van der Waals surface area contributed by atoms with Gasteiger partial charge in [0.05, 0.1) is 9.85 Å². The van der Waals surface area contributed by atoms with Crippen molar-refractivity contribution in [3.05, 3.63) is 50.1 Å². The fourth-order valence-corrected chi connectivity index (χ4v) is 2.49. The predicted octanol–water partition coefficient (Wildman–Crippen LogP) is 4.53. The first kappa shape index (κ1) is 18.6. The Morgan fingerprint density at radius 3 is 2.43 bits per heavy atom. The van der Waals surface area contributed by atoms with E-state index in [4.69, 9.17) is 0 Å². The third-order valence-electron chi connectivity index (χ3n) is 3.72. The van der Waals surface area contributed by atoms with Gasteiger partial charge in [0.1, 0.15) is 0 Å². The minimum atomic E-state index is -0.576. The van der Waals surface area contributed by atoms with Crippen molar-refractivity contribution in [2.45, 2.75) is 46.0 Å². The van der Waals surface area contributed by atoms with E-state index in [0.717, 1.165) is 25.7 Å². The Kier molecular flexibility index (Phi) is 7.18. The molecule has 0 amide bonds. The lowest BCUT2D eigenvalue weighted by Gasteiger charge is -2.12. The lowest BCUT2D eigenvalue weighted by molar-refractivity contribution is -0.392. The molecule has 0 aliphatic carbocycles. The van der Waals surface area contributed by atoms with E-state index in [1.54, 1.807) is 13.0 Å². The zero-order chi connectivity index (χ0) is 17.4. The summed E-state index contributed by atoms with van der Waals surface area (Å²) in [5.74, 6) is 0. The molecule has 1 rings (SSSR count). The molecule has 0 saturated heterocycles. The minimum absolute atomic E-state index is 0.00168. The van der Waals surface area contributed by atoms with Crippen LogP contribution in [-0.4, -0.2) is 16.4 Å². The van der Waals surface area contributed by atoms with Gasteiger partial charge in [0, 0.05) is 18.2 Å². The molecule has 126 valence electrons. The standard InChI is InChI=1S/C16H23N3O4/c1-4-6-7-8-10-17-15-14(18(20)21)11-13(9-5-2)12(3)16(15)19(22)23/h5,11,17H,2,4,6-10H2,1,3H3. The smallest absolute Gasteiger partial charge is 0.302 e. The quantitative estimate of drug-likeness (QED) is 0.295. The fraction of sp³-hybridized carbons (Fsp3) is 0.500. The van der Waals surface area contributed by atoms with Gasteiger partial charge in [0.15, 0.2) is 5.69 Å². The zero-order valence-electron chi connectivity index (χ0n) is 13.6. The van der Waals surface area contributed by atoms with Gasteiger partial charge in [-0.15, -0.1) is 6.58 Å². The van der Waals surface area contributed by atoms with Crippen LogP contribution in [0.1, 0.15) is 43.7 Å². The molecule has 7 nitrogen and oxygen atoms in total. The molecule has 0 aliphatic heterocycles. The van der Waals surface area contributed by atoms with E-state index >= 15 is 0 Å². The number of hydrogen-bond donors (Lipinski definition) is 1. The van der Waals surface area contributed by atoms with Gasteiger partial charge in [-0.1, -0.05) is 32.3 Å². The Labute approximate surface area is 135 Å². The molecular weight excluding hydrogens is 298 g/mol. The highest BCUT2D eigenvalue weighted by Gasteiger charge is 2.29. The highest BCUT2D eigenvalue weighted by molar-refractivity contribution is 5.77. The van der Waals surface area contributed by atoms with E-state index in [1.807, 2.05) is 0 Å². The van der Waals surface area contributed by atoms with Gasteiger partial charge in [0.25, 0.3) is 5.69 Å². The van der Waals surface area contributed by atoms with Crippen LogP contribution in [0.5, 0.6) is 0 Å². The molecule has 0 radical (unpaired) electrons. The van der Waals surface area contributed by atoms with Gasteiger partial charge in [-0.05, 0) is 25.3 Å². The lowest BCUT2D eigenvalue weighted by atomic mass is 10.0. The van der Waals surface area contributed by atoms with Crippen LogP contribution < -0.4 is 5.32 Å². The maximum absolute atomic E-state index is 11.4. The molecular formula is C16H23N3O4. The number of hydrogen-bond acceptors (Lipinski definition) is 5. The number of benzene rings is 1. The summed E-state index contributed by atoms with van der Waals surface area (Å²) >= 11 is 0. The Hall–Kier alpha value is -2.44. The van der Waals surface area contributed by atoms with Crippen molar-refractivity contribution in [1.82, 2.24) is 0 Å². The Morgan fingerprint density at radius 1 is 1.22 bits per heavy atom. The van der Waals surface area contributed by atoms with Gasteiger partial charge < -0.3 is 5.32 Å². The molecule has 0 atom stereocenters. The summed E-state index contributed by atoms with van der Waals surface area (Å²) < 4.78 is 0. The number of nitrogens with one attached hydrogen (secondary N) is 1. The van der Waals surface area contributed by atoms with Crippen LogP contribution in [-0.2, 0) is 6.42 Å². The summed E-state index contributed by atoms with van der Waals surface area (Å²) in [4.78, 5) is 21.6. The molecule has 0 fully saturated rings. The second-order valence-electron chi connectivity index (χ2n) is 5.40. The third kappa shape index (κ3) is 4.77. The number of allylic oxidation sites excluding steroid dienone is 1. The highest BCUT2D eigenvalue weighted by atomic mass is 16.6. The first-order chi connectivity index (χ1) is 10.9. The summed E-state index contributed by atoms with van der Waals surface area (Å²) in [6.07, 6.45) is 5.88. The van der Waals surface area contributed by atoms with E-state index in [2.05, 4.69) is 18.8 Å². The predicted molar refractivity (Wildman–Crippen MR) is 91.0 cm³/mol. The monoisotopic (exact) mass is 321 g/mol. The number of rotatable bonds is 10.